The van der Waals surface area contributed by atoms with Gasteiger partial charge in [0, 0.05) is 18.6 Å². The Kier molecular flexibility index (Phi) is 79.1. The summed E-state index contributed by atoms with van der Waals surface area (Å²) < 4.78 is 4.89. The first-order valence-corrected chi connectivity index (χ1v) is 30.6. The number of hydrogen-bond donors (Lipinski definition) is 1. The zero-order valence-corrected chi connectivity index (χ0v) is 51.4. The van der Waals surface area contributed by atoms with Crippen LogP contribution in [0.25, 0.3) is 0 Å². The third kappa shape index (κ3) is 82.2. The van der Waals surface area contributed by atoms with E-state index in [4.69, 9.17) is 14.8 Å². The van der Waals surface area contributed by atoms with Crippen LogP contribution in [0.5, 0.6) is 0 Å². The van der Waals surface area contributed by atoms with E-state index in [-0.39, 0.29) is 5.54 Å². The van der Waals surface area contributed by atoms with Gasteiger partial charge in [0.05, 0.1) is 0 Å². The maximum atomic E-state index is 8.57. The Hall–Kier alpha value is -2.12. The predicted molar refractivity (Wildman–Crippen MR) is 325 cm³/mol. The highest BCUT2D eigenvalue weighted by atomic mass is 16.5. The quantitative estimate of drug-likeness (QED) is 0.0285. The highest BCUT2D eigenvalue weighted by Gasteiger charge is 2.24. The van der Waals surface area contributed by atoms with Crippen molar-refractivity contribution in [3.63, 3.8) is 0 Å². The molecule has 0 saturated heterocycles. The SMILES string of the molecule is C=C.C=C=O.CCC(C)C.CCC(C)C.CCCCCCCC/C=C\CCCCCCCCN(CCOC#N)C(C)(C)CC.CCCCCCCC/C=C\CCCCCCCCNCC(C)(C)CCCC. The van der Waals surface area contributed by atoms with Gasteiger partial charge in [0.15, 0.2) is 0 Å². The molecule has 0 aliphatic heterocycles. The minimum absolute atomic E-state index is 0.181. The molecule has 0 atom stereocenters. The van der Waals surface area contributed by atoms with Crippen LogP contribution in [0, 0.1) is 28.8 Å². The molecule has 0 aliphatic carbocycles. The van der Waals surface area contributed by atoms with E-state index in [1.54, 1.807) is 6.26 Å². The first kappa shape index (κ1) is 80.3. The van der Waals surface area contributed by atoms with Crippen LogP contribution in [0.1, 0.15) is 315 Å². The van der Waals surface area contributed by atoms with E-state index in [9.17, 15) is 0 Å². The molecule has 0 spiro atoms. The van der Waals surface area contributed by atoms with Crippen LogP contribution in [-0.4, -0.2) is 49.2 Å². The minimum Gasteiger partial charge on any atom is -0.426 e. The van der Waals surface area contributed by atoms with Crippen molar-refractivity contribution in [3.8, 4) is 6.26 Å². The van der Waals surface area contributed by atoms with Gasteiger partial charge in [-0.1, -0.05) is 249 Å². The molecule has 0 amide bonds. The van der Waals surface area contributed by atoms with Gasteiger partial charge in [-0.2, -0.15) is 5.26 Å². The van der Waals surface area contributed by atoms with Crippen molar-refractivity contribution < 1.29 is 9.53 Å². The number of nitriles is 1. The van der Waals surface area contributed by atoms with Crippen LogP contribution in [0.15, 0.2) is 44.0 Å². The Balaban J connectivity index is -0.000000231. The fourth-order valence-corrected chi connectivity index (χ4v) is 7.36. The summed E-state index contributed by atoms with van der Waals surface area (Å²) in [6, 6.07) is 0. The van der Waals surface area contributed by atoms with E-state index in [0.717, 1.165) is 31.3 Å². The topological polar surface area (TPSA) is 65.4 Å². The number of rotatable bonds is 44. The number of nitrogens with zero attached hydrogens (tertiary/aromatic N) is 2. The molecule has 0 heterocycles. The Morgan fingerprint density at radius 3 is 1.18 bits per heavy atom. The molecule has 0 saturated carbocycles. The van der Waals surface area contributed by atoms with E-state index >= 15 is 0 Å². The van der Waals surface area contributed by atoms with Crippen molar-refractivity contribution in [2.75, 3.05) is 32.8 Å². The van der Waals surface area contributed by atoms with Crippen LogP contribution in [0.3, 0.4) is 0 Å². The summed E-state index contributed by atoms with van der Waals surface area (Å²) in [6.45, 7) is 45.3. The minimum atomic E-state index is 0.181. The summed E-state index contributed by atoms with van der Waals surface area (Å²) >= 11 is 0. The van der Waals surface area contributed by atoms with Gasteiger partial charge in [0.1, 0.15) is 12.5 Å². The second-order valence-corrected chi connectivity index (χ2v) is 22.2. The van der Waals surface area contributed by atoms with Gasteiger partial charge < -0.3 is 10.1 Å². The van der Waals surface area contributed by atoms with E-state index in [1.165, 1.54) is 231 Å². The summed E-state index contributed by atoms with van der Waals surface area (Å²) in [6.07, 6.45) is 57.5. The lowest BCUT2D eigenvalue weighted by Gasteiger charge is -2.37. The smallest absolute Gasteiger partial charge is 0.286 e. The first-order chi connectivity index (χ1) is 34.2. The van der Waals surface area contributed by atoms with Crippen molar-refractivity contribution in [1.82, 2.24) is 10.2 Å². The lowest BCUT2D eigenvalue weighted by molar-refractivity contribution is 0.0860. The molecule has 0 unspecified atom stereocenters. The summed E-state index contributed by atoms with van der Waals surface area (Å²) in [5.74, 6) is 3.02. The zero-order valence-electron chi connectivity index (χ0n) is 51.4. The molecule has 0 radical (unpaired) electrons. The third-order valence-corrected chi connectivity index (χ3v) is 13.5. The monoisotopic (exact) mass is 1000 g/mol. The highest BCUT2D eigenvalue weighted by Crippen LogP contribution is 2.22. The molecule has 0 aromatic carbocycles. The average molecular weight is 1000 g/mol. The third-order valence-electron chi connectivity index (χ3n) is 13.5. The fourth-order valence-electron chi connectivity index (χ4n) is 7.36. The molecule has 5 nitrogen and oxygen atoms in total. The van der Waals surface area contributed by atoms with Crippen LogP contribution in [0.2, 0.25) is 0 Å². The summed E-state index contributed by atoms with van der Waals surface area (Å²) in [5.41, 5.74) is 0.652. The van der Waals surface area contributed by atoms with Crippen molar-refractivity contribution in [3.05, 3.63) is 44.0 Å². The Morgan fingerprint density at radius 1 is 0.535 bits per heavy atom. The molecule has 0 rings (SSSR count). The fraction of sp³-hybridized carbons (Fsp3) is 0.864. The molecule has 0 bridgehead atoms. The van der Waals surface area contributed by atoms with E-state index in [2.05, 4.69) is 151 Å². The Bertz CT molecular complexity index is 1070. The number of carbonyl (C=O) groups excluding carboxylic acids is 1. The van der Waals surface area contributed by atoms with Crippen LogP contribution in [0.4, 0.5) is 0 Å². The lowest BCUT2D eigenvalue weighted by Crippen LogP contribution is -2.45. The van der Waals surface area contributed by atoms with Gasteiger partial charge in [0.2, 0.25) is 0 Å². The molecule has 1 N–H and O–H groups in total. The number of ether oxygens (including phenoxy) is 1. The standard InChI is InChI=1S/C26H50N2O.C26H53N.2C5H12.C2H2O.C2H4/c1-5-7-8-9-10-11-12-13-14-15-16-17-18-19-20-21-22-28(23-24-29-25-27)26(3,4)6-2;1-5-7-9-10-11-12-13-14-15-16-17-18-19-20-21-22-24-27-25-26(3,4)23-8-6-2;2*1-4-5(2)3;1-2-3;1-2/h13-14H,5-12,15-24H2,1-4H3;14-15,27H,5-13,16-25H2,1-4H3;2*5H,4H2,1-3H3;1H2;1-2H2/b14-13-;15-14-;;;;. The summed E-state index contributed by atoms with van der Waals surface area (Å²) in [7, 11) is 0. The summed E-state index contributed by atoms with van der Waals surface area (Å²) in [4.78, 5) is 11.1. The molecule has 5 heteroatoms. The number of nitrogens with one attached hydrogen (secondary N) is 1. The molecular formula is C66H133N3O2. The molecule has 71 heavy (non-hydrogen) atoms. The molecule has 0 aromatic rings. The lowest BCUT2D eigenvalue weighted by atomic mass is 9.87. The largest absolute Gasteiger partial charge is 0.426 e. The van der Waals surface area contributed by atoms with Gasteiger partial charge in [-0.05, 0) is 128 Å². The van der Waals surface area contributed by atoms with Gasteiger partial charge in [0.25, 0.3) is 6.26 Å². The maximum absolute atomic E-state index is 8.57. The molecule has 424 valence electrons. The Labute approximate surface area is 450 Å². The van der Waals surface area contributed by atoms with Gasteiger partial charge in [-0.3, -0.25) is 4.90 Å². The van der Waals surface area contributed by atoms with Crippen molar-refractivity contribution >= 4 is 5.94 Å². The number of allylic oxidation sites excluding steroid dienone is 4. The maximum Gasteiger partial charge on any atom is 0.286 e. The van der Waals surface area contributed by atoms with E-state index in [1.807, 2.05) is 0 Å². The number of unbranched alkanes of at least 4 members (excludes halogenated alkanes) is 25. The molecular weight excluding hydrogens is 867 g/mol. The van der Waals surface area contributed by atoms with E-state index < -0.39 is 0 Å². The average Bonchev–Trinajstić information content (AvgIpc) is 3.36. The zero-order chi connectivity index (χ0) is 55.0. The Morgan fingerprint density at radius 2 is 0.859 bits per heavy atom. The van der Waals surface area contributed by atoms with Crippen molar-refractivity contribution in [1.29, 1.82) is 5.26 Å². The molecule has 0 aliphatic rings. The second-order valence-electron chi connectivity index (χ2n) is 22.2. The number of hydrogen-bond acceptors (Lipinski definition) is 5. The molecule has 0 fully saturated rings. The normalized spacial score (nSPS) is 11.1. The predicted octanol–water partition coefficient (Wildman–Crippen LogP) is 21.8. The van der Waals surface area contributed by atoms with Gasteiger partial charge >= 0.3 is 0 Å². The second kappa shape index (κ2) is 70.0. The van der Waals surface area contributed by atoms with Crippen LogP contribution in [-0.2, 0) is 9.53 Å². The first-order valence-electron chi connectivity index (χ1n) is 30.6. The highest BCUT2D eigenvalue weighted by molar-refractivity contribution is 5.38. The van der Waals surface area contributed by atoms with Gasteiger partial charge in [-0.25, -0.2) is 4.79 Å². The van der Waals surface area contributed by atoms with Crippen LogP contribution >= 0.6 is 0 Å². The summed E-state index contributed by atoms with van der Waals surface area (Å²) in [5, 5.41) is 12.2. The van der Waals surface area contributed by atoms with Crippen LogP contribution < -0.4 is 5.32 Å². The molecule has 0 aromatic heterocycles. The van der Waals surface area contributed by atoms with Gasteiger partial charge in [-0.15, -0.1) is 13.2 Å². The van der Waals surface area contributed by atoms with Crippen molar-refractivity contribution in [2.24, 2.45) is 17.3 Å². The van der Waals surface area contributed by atoms with E-state index in [0.29, 0.717) is 12.0 Å². The van der Waals surface area contributed by atoms with Crippen molar-refractivity contribution in [2.45, 2.75) is 321 Å².